The van der Waals surface area contributed by atoms with E-state index in [1.165, 1.54) is 0 Å². The molecule has 4 heterocycles. The first kappa shape index (κ1) is 27.4. The molecule has 2 atom stereocenters. The van der Waals surface area contributed by atoms with Crippen molar-refractivity contribution < 1.29 is 9.53 Å². The number of anilines is 3. The zero-order chi connectivity index (χ0) is 26.9. The van der Waals surface area contributed by atoms with Crippen molar-refractivity contribution in [1.29, 1.82) is 0 Å². The molecule has 2 saturated heterocycles. The number of hydrogen-bond acceptors (Lipinski definition) is 9. The van der Waals surface area contributed by atoms with Gasteiger partial charge in [-0.3, -0.25) is 14.8 Å². The van der Waals surface area contributed by atoms with Gasteiger partial charge >= 0.3 is 0 Å². The zero-order valence-electron chi connectivity index (χ0n) is 22.3. The van der Waals surface area contributed by atoms with Gasteiger partial charge in [-0.05, 0) is 19.8 Å². The van der Waals surface area contributed by atoms with Gasteiger partial charge in [-0.15, -0.1) is 0 Å². The molecule has 2 aromatic heterocycles. The molecule has 2 fully saturated rings. The average Bonchev–Trinajstić information content (AvgIpc) is 3.34. The molecule has 0 aromatic carbocycles. The highest BCUT2D eigenvalue weighted by atomic mass is 127. The van der Waals surface area contributed by atoms with Crippen LogP contribution in [-0.2, 0) is 9.53 Å². The first-order valence-electron chi connectivity index (χ1n) is 13.1. The number of H-pyrrole nitrogens is 1. The number of carbonyl (C=O) groups is 1. The molecule has 2 aliphatic heterocycles. The highest BCUT2D eigenvalue weighted by molar-refractivity contribution is 14.1. The fraction of sp³-hybridized carbons (Fsp3) is 0.538. The lowest BCUT2D eigenvalue weighted by molar-refractivity contribution is -0.121. The second kappa shape index (κ2) is 11.5. The number of hydrogen-bond donors (Lipinski definition) is 2. The Balaban J connectivity index is 1.37. The summed E-state index contributed by atoms with van der Waals surface area (Å²) in [5, 5.41) is 11.2. The summed E-state index contributed by atoms with van der Waals surface area (Å²) in [6.45, 7) is 13.7. The molecular formula is C26H35IN8O2S. The van der Waals surface area contributed by atoms with Gasteiger partial charge in [0.1, 0.15) is 11.6 Å². The predicted octanol–water partition coefficient (Wildman–Crippen LogP) is 3.98. The second-order valence-corrected chi connectivity index (χ2v) is 12.4. The molecule has 5 rings (SSSR count). The van der Waals surface area contributed by atoms with Crippen molar-refractivity contribution in [3.8, 4) is 0 Å². The van der Waals surface area contributed by atoms with Crippen molar-refractivity contribution >= 4 is 58.0 Å². The number of nitrogens with zero attached hydrogens (tertiary/aromatic N) is 6. The van der Waals surface area contributed by atoms with E-state index in [0.29, 0.717) is 11.6 Å². The first-order chi connectivity index (χ1) is 18.2. The van der Waals surface area contributed by atoms with Crippen LogP contribution in [0.15, 0.2) is 40.4 Å². The Kier molecular flexibility index (Phi) is 8.31. The normalized spacial score (nSPS) is 23.1. The lowest BCUT2D eigenvalue weighted by Crippen LogP contribution is -2.70. The van der Waals surface area contributed by atoms with Gasteiger partial charge < -0.3 is 15.0 Å². The summed E-state index contributed by atoms with van der Waals surface area (Å²) in [5.41, 5.74) is 1.11. The molecule has 12 heteroatoms. The fourth-order valence-electron chi connectivity index (χ4n) is 5.01. The van der Waals surface area contributed by atoms with Crippen LogP contribution in [0.2, 0.25) is 0 Å². The Bertz CT molecular complexity index is 1220. The third-order valence-electron chi connectivity index (χ3n) is 7.25. The molecule has 2 unspecified atom stereocenters. The van der Waals surface area contributed by atoms with Crippen LogP contribution in [0.4, 0.5) is 17.5 Å². The quantitative estimate of drug-likeness (QED) is 0.250. The van der Waals surface area contributed by atoms with Gasteiger partial charge in [0, 0.05) is 55.3 Å². The van der Waals surface area contributed by atoms with Gasteiger partial charge in [-0.2, -0.15) is 5.10 Å². The van der Waals surface area contributed by atoms with E-state index in [1.54, 1.807) is 11.8 Å². The topological polar surface area (TPSA) is 103 Å². The lowest BCUT2D eigenvalue weighted by atomic mass is 9.89. The monoisotopic (exact) mass is 650 g/mol. The summed E-state index contributed by atoms with van der Waals surface area (Å²) in [5.74, 6) is 2.74. The zero-order valence-corrected chi connectivity index (χ0v) is 25.3. The van der Waals surface area contributed by atoms with Gasteiger partial charge in [0.05, 0.1) is 47.7 Å². The van der Waals surface area contributed by atoms with Crippen LogP contribution in [0.3, 0.4) is 0 Å². The van der Waals surface area contributed by atoms with Crippen LogP contribution in [0.25, 0.3) is 0 Å². The van der Waals surface area contributed by atoms with E-state index >= 15 is 0 Å². The summed E-state index contributed by atoms with van der Waals surface area (Å²) in [6.07, 6.45) is 6.78. The molecule has 0 spiro atoms. The largest absolute Gasteiger partial charge is 0.379 e. The average molecular weight is 651 g/mol. The minimum atomic E-state index is 0.00121. The number of allylic oxidation sites excluding steroid dienone is 1. The van der Waals surface area contributed by atoms with E-state index in [-0.39, 0.29) is 23.4 Å². The lowest BCUT2D eigenvalue weighted by Gasteiger charge is -2.55. The molecule has 0 radical (unpaired) electrons. The van der Waals surface area contributed by atoms with E-state index < -0.39 is 0 Å². The number of halogens is 1. The van der Waals surface area contributed by atoms with Gasteiger partial charge in [-0.1, -0.05) is 43.8 Å². The van der Waals surface area contributed by atoms with E-state index in [1.807, 2.05) is 29.1 Å². The highest BCUT2D eigenvalue weighted by Gasteiger charge is 2.44. The molecular weight excluding hydrogens is 615 g/mol. The summed E-state index contributed by atoms with van der Waals surface area (Å²) in [7, 11) is 0. The van der Waals surface area contributed by atoms with Gasteiger partial charge in [-0.25, -0.2) is 13.1 Å². The van der Waals surface area contributed by atoms with Crippen LogP contribution in [0, 0.1) is 12.8 Å². The molecule has 0 bridgehead atoms. The maximum atomic E-state index is 11.9. The minimum absolute atomic E-state index is 0.00121. The molecule has 10 nitrogen and oxygen atoms in total. The number of thioether (sulfide) groups is 1. The Morgan fingerprint density at radius 2 is 2.05 bits per heavy atom. The molecule has 0 saturated carbocycles. The summed E-state index contributed by atoms with van der Waals surface area (Å²) in [6, 6.07) is 4.05. The summed E-state index contributed by atoms with van der Waals surface area (Å²) in [4.78, 5) is 27.7. The second-order valence-electron chi connectivity index (χ2n) is 10.3. The van der Waals surface area contributed by atoms with Crippen LogP contribution in [0.5, 0.6) is 0 Å². The van der Waals surface area contributed by atoms with Gasteiger partial charge in [0.25, 0.3) is 0 Å². The Hall–Kier alpha value is -2.16. The number of rotatable bonds is 8. The van der Waals surface area contributed by atoms with Gasteiger partial charge in [0.15, 0.2) is 11.0 Å². The Labute approximate surface area is 242 Å². The van der Waals surface area contributed by atoms with Crippen molar-refractivity contribution in [1.82, 2.24) is 30.4 Å². The molecule has 3 aliphatic rings. The number of aromatic nitrogens is 4. The number of carbonyl (C=O) groups excluding carboxylic acids is 1. The smallest absolute Gasteiger partial charge is 0.220 e. The standard InChI is InChI=1S/C26H35IN8O2S/c1-5-24(36)28-20-7-6-19(12-17(20)2)38-25-29-21(14-22(30-25)35(27)23-13-18(3)31-32-23)33-15-26(4,16-33)34-8-10-37-11-9-34/h6-7,12-14,17,20H,5,8-11,15-16H2,1-4H3,(H,28,36)(H,31,32). The van der Waals surface area contributed by atoms with Crippen molar-refractivity contribution in [2.45, 2.75) is 50.9 Å². The van der Waals surface area contributed by atoms with Crippen molar-refractivity contribution in [2.75, 3.05) is 47.4 Å². The summed E-state index contributed by atoms with van der Waals surface area (Å²) >= 11 is 3.80. The molecule has 2 N–H and O–H groups in total. The molecule has 2 aromatic rings. The van der Waals surface area contributed by atoms with E-state index in [0.717, 1.165) is 67.4 Å². The summed E-state index contributed by atoms with van der Waals surface area (Å²) < 4.78 is 7.52. The third-order valence-corrected chi connectivity index (χ3v) is 9.12. The van der Waals surface area contributed by atoms with E-state index in [4.69, 9.17) is 14.7 Å². The third kappa shape index (κ3) is 6.02. The van der Waals surface area contributed by atoms with Crippen molar-refractivity contribution in [3.63, 3.8) is 0 Å². The maximum Gasteiger partial charge on any atom is 0.220 e. The van der Waals surface area contributed by atoms with Crippen LogP contribution >= 0.6 is 34.6 Å². The van der Waals surface area contributed by atoms with E-state index in [9.17, 15) is 4.79 Å². The highest BCUT2D eigenvalue weighted by Crippen LogP contribution is 2.38. The van der Waals surface area contributed by atoms with Crippen LogP contribution < -0.4 is 13.3 Å². The number of aromatic amines is 1. The van der Waals surface area contributed by atoms with Gasteiger partial charge in [0.2, 0.25) is 5.91 Å². The minimum Gasteiger partial charge on any atom is -0.379 e. The molecule has 1 amide bonds. The Morgan fingerprint density at radius 1 is 1.29 bits per heavy atom. The predicted molar refractivity (Wildman–Crippen MR) is 159 cm³/mol. The van der Waals surface area contributed by atoms with Crippen molar-refractivity contribution in [3.05, 3.63) is 41.0 Å². The molecule has 1 aliphatic carbocycles. The van der Waals surface area contributed by atoms with Crippen LogP contribution in [0.1, 0.15) is 32.9 Å². The fourth-order valence-corrected chi connectivity index (χ4v) is 6.42. The SMILES string of the molecule is CCC(=O)NC1C=CC(Sc2nc(N3CC(C)(N4CCOCC4)C3)cc(N(I)c3cc(C)[nH]n3)n2)=CC1C. The molecule has 204 valence electrons. The Morgan fingerprint density at radius 3 is 2.71 bits per heavy atom. The number of aryl methyl sites for hydroxylation is 1. The maximum absolute atomic E-state index is 11.9. The number of morpholine rings is 1. The number of ether oxygens (including phenoxy) is 1. The van der Waals surface area contributed by atoms with Crippen LogP contribution in [-0.4, -0.2) is 81.9 Å². The number of amides is 1. The number of nitrogens with one attached hydrogen (secondary N) is 2. The first-order valence-corrected chi connectivity index (χ1v) is 14.8. The van der Waals surface area contributed by atoms with E-state index in [2.05, 4.69) is 80.3 Å². The molecule has 38 heavy (non-hydrogen) atoms. The van der Waals surface area contributed by atoms with Crippen molar-refractivity contribution in [2.24, 2.45) is 5.92 Å².